The van der Waals surface area contributed by atoms with Crippen molar-refractivity contribution in [2.75, 3.05) is 19.7 Å². The van der Waals surface area contributed by atoms with Gasteiger partial charge in [0.25, 0.3) is 5.91 Å². The number of benzene rings is 2. The SMILES string of the molecule is N#Cc1ccc2[nH]cc(CCCCNCCOc3cccc4oc(C(N)=O)cc34)c2c1. The lowest BCUT2D eigenvalue weighted by atomic mass is 10.1. The summed E-state index contributed by atoms with van der Waals surface area (Å²) in [5.74, 6) is 0.205. The van der Waals surface area contributed by atoms with Crippen LogP contribution < -0.4 is 15.8 Å². The minimum absolute atomic E-state index is 0.128. The molecule has 31 heavy (non-hydrogen) atoms. The van der Waals surface area contributed by atoms with Crippen molar-refractivity contribution in [3.63, 3.8) is 0 Å². The topological polar surface area (TPSA) is 117 Å². The number of hydrogen-bond donors (Lipinski definition) is 3. The van der Waals surface area contributed by atoms with Crippen molar-refractivity contribution in [1.82, 2.24) is 10.3 Å². The number of aromatic amines is 1. The summed E-state index contributed by atoms with van der Waals surface area (Å²) in [5.41, 5.74) is 8.87. The lowest BCUT2D eigenvalue weighted by Gasteiger charge is -2.08. The Labute approximate surface area is 179 Å². The van der Waals surface area contributed by atoms with Gasteiger partial charge in [0, 0.05) is 29.7 Å². The van der Waals surface area contributed by atoms with Crippen LogP contribution in [-0.4, -0.2) is 30.6 Å². The first-order valence-corrected chi connectivity index (χ1v) is 10.3. The second-order valence-electron chi connectivity index (χ2n) is 7.38. The van der Waals surface area contributed by atoms with E-state index in [-0.39, 0.29) is 5.76 Å². The van der Waals surface area contributed by atoms with E-state index < -0.39 is 5.91 Å². The van der Waals surface area contributed by atoms with Gasteiger partial charge in [-0.1, -0.05) is 6.07 Å². The van der Waals surface area contributed by atoms with Gasteiger partial charge in [-0.15, -0.1) is 0 Å². The van der Waals surface area contributed by atoms with Gasteiger partial charge >= 0.3 is 0 Å². The van der Waals surface area contributed by atoms with Crippen LogP contribution in [0.2, 0.25) is 0 Å². The van der Waals surface area contributed by atoms with Crippen LogP contribution in [0, 0.1) is 11.3 Å². The van der Waals surface area contributed by atoms with Gasteiger partial charge in [0.05, 0.1) is 17.0 Å². The largest absolute Gasteiger partial charge is 0.491 e. The van der Waals surface area contributed by atoms with E-state index in [9.17, 15) is 4.79 Å². The zero-order chi connectivity index (χ0) is 21.6. The predicted octanol–water partition coefficient (Wildman–Crippen LogP) is 3.88. The summed E-state index contributed by atoms with van der Waals surface area (Å²) in [5, 5.41) is 14.4. The summed E-state index contributed by atoms with van der Waals surface area (Å²) in [6.07, 6.45) is 5.11. The molecule has 158 valence electrons. The molecule has 2 heterocycles. The third kappa shape index (κ3) is 4.71. The Morgan fingerprint density at radius 1 is 1.16 bits per heavy atom. The van der Waals surface area contributed by atoms with Crippen molar-refractivity contribution < 1.29 is 13.9 Å². The molecule has 0 bridgehead atoms. The molecule has 0 unspecified atom stereocenters. The number of nitrogens with two attached hydrogens (primary N) is 1. The quantitative estimate of drug-likeness (QED) is 0.339. The standard InChI is InChI=1S/C24H24N4O3/c25-14-16-7-8-20-18(12-16)17(15-28-20)4-1-2-9-27-10-11-30-21-5-3-6-22-19(21)13-23(31-22)24(26)29/h3,5-8,12-13,15,27-28H,1-2,4,9-11H2,(H2,26,29). The maximum Gasteiger partial charge on any atom is 0.284 e. The zero-order valence-corrected chi connectivity index (χ0v) is 17.1. The van der Waals surface area contributed by atoms with Crippen LogP contribution in [0.3, 0.4) is 0 Å². The number of primary amides is 1. The van der Waals surface area contributed by atoms with E-state index in [1.54, 1.807) is 12.1 Å². The van der Waals surface area contributed by atoms with Crippen molar-refractivity contribution in [2.24, 2.45) is 5.73 Å². The highest BCUT2D eigenvalue weighted by atomic mass is 16.5. The van der Waals surface area contributed by atoms with Gasteiger partial charge in [0.1, 0.15) is 17.9 Å². The summed E-state index contributed by atoms with van der Waals surface area (Å²) in [4.78, 5) is 14.6. The summed E-state index contributed by atoms with van der Waals surface area (Å²) in [6.45, 7) is 2.13. The first kappa shape index (κ1) is 20.5. The fourth-order valence-electron chi connectivity index (χ4n) is 3.66. The number of aromatic nitrogens is 1. The Kier molecular flexibility index (Phi) is 6.20. The van der Waals surface area contributed by atoms with Gasteiger partial charge < -0.3 is 25.2 Å². The smallest absolute Gasteiger partial charge is 0.284 e. The van der Waals surface area contributed by atoms with Gasteiger partial charge in [-0.05, 0) is 61.7 Å². The number of hydrogen-bond acceptors (Lipinski definition) is 5. The molecule has 1 amide bonds. The lowest BCUT2D eigenvalue weighted by molar-refractivity contribution is 0.0976. The molecule has 0 atom stereocenters. The minimum Gasteiger partial charge on any atom is -0.491 e. The van der Waals surface area contributed by atoms with Crippen LogP contribution in [0.15, 0.2) is 53.1 Å². The van der Waals surface area contributed by atoms with Crippen LogP contribution in [0.1, 0.15) is 34.5 Å². The molecule has 0 saturated heterocycles. The van der Waals surface area contributed by atoms with Gasteiger partial charge in [0.15, 0.2) is 5.76 Å². The van der Waals surface area contributed by atoms with Gasteiger partial charge in [-0.25, -0.2) is 0 Å². The molecule has 0 radical (unpaired) electrons. The number of fused-ring (bicyclic) bond motifs is 2. The fraction of sp³-hybridized carbons (Fsp3) is 0.250. The summed E-state index contributed by atoms with van der Waals surface area (Å²) in [6, 6.07) is 15.0. The van der Waals surface area contributed by atoms with E-state index in [0.717, 1.165) is 48.6 Å². The molecule has 4 rings (SSSR count). The molecule has 2 aromatic carbocycles. The maximum absolute atomic E-state index is 11.3. The molecular weight excluding hydrogens is 392 g/mol. The average molecular weight is 416 g/mol. The van der Waals surface area contributed by atoms with Crippen LogP contribution >= 0.6 is 0 Å². The van der Waals surface area contributed by atoms with Crippen molar-refractivity contribution in [2.45, 2.75) is 19.3 Å². The van der Waals surface area contributed by atoms with E-state index in [1.165, 1.54) is 5.56 Å². The van der Waals surface area contributed by atoms with Gasteiger partial charge in [-0.3, -0.25) is 4.79 Å². The Balaban J connectivity index is 1.18. The lowest BCUT2D eigenvalue weighted by Crippen LogP contribution is -2.22. The average Bonchev–Trinajstić information content (AvgIpc) is 3.40. The first-order valence-electron chi connectivity index (χ1n) is 10.3. The van der Waals surface area contributed by atoms with E-state index in [2.05, 4.69) is 16.4 Å². The monoisotopic (exact) mass is 416 g/mol. The number of H-pyrrole nitrogens is 1. The highest BCUT2D eigenvalue weighted by Crippen LogP contribution is 2.28. The molecule has 0 saturated carbocycles. The van der Waals surface area contributed by atoms with Crippen molar-refractivity contribution in [1.29, 1.82) is 5.26 Å². The second kappa shape index (κ2) is 9.37. The normalized spacial score (nSPS) is 11.1. The number of nitrogens with one attached hydrogen (secondary N) is 2. The van der Waals surface area contributed by atoms with E-state index in [4.69, 9.17) is 20.1 Å². The molecule has 0 fully saturated rings. The molecule has 0 spiro atoms. The number of furan rings is 1. The van der Waals surface area contributed by atoms with Crippen molar-refractivity contribution in [3.8, 4) is 11.8 Å². The first-order chi connectivity index (χ1) is 15.2. The number of nitrogens with zero attached hydrogens (tertiary/aromatic N) is 1. The maximum atomic E-state index is 11.3. The van der Waals surface area contributed by atoms with Gasteiger partial charge in [0.2, 0.25) is 0 Å². The molecule has 7 heteroatoms. The molecule has 0 aliphatic heterocycles. The number of rotatable bonds is 10. The number of carbonyl (C=O) groups excluding carboxylic acids is 1. The molecule has 4 N–H and O–H groups in total. The highest BCUT2D eigenvalue weighted by molar-refractivity contribution is 5.96. The predicted molar refractivity (Wildman–Crippen MR) is 119 cm³/mol. The number of unbranched alkanes of at least 4 members (excludes halogenated alkanes) is 1. The summed E-state index contributed by atoms with van der Waals surface area (Å²) in [7, 11) is 0. The number of amides is 1. The third-order valence-electron chi connectivity index (χ3n) is 5.25. The Hall–Kier alpha value is -3.76. The minimum atomic E-state index is -0.595. The number of carbonyl (C=O) groups is 1. The van der Waals surface area contributed by atoms with Crippen LogP contribution in [0.4, 0.5) is 0 Å². The number of aryl methyl sites for hydroxylation is 1. The Morgan fingerprint density at radius 2 is 2.06 bits per heavy atom. The molecular formula is C24H24N4O3. The van der Waals surface area contributed by atoms with Gasteiger partial charge in [-0.2, -0.15) is 5.26 Å². The molecule has 0 aliphatic carbocycles. The molecule has 4 aromatic rings. The third-order valence-corrected chi connectivity index (χ3v) is 5.25. The summed E-state index contributed by atoms with van der Waals surface area (Å²) < 4.78 is 11.3. The van der Waals surface area contributed by atoms with Crippen LogP contribution in [-0.2, 0) is 6.42 Å². The second-order valence-corrected chi connectivity index (χ2v) is 7.38. The van der Waals surface area contributed by atoms with E-state index >= 15 is 0 Å². The molecule has 2 aromatic heterocycles. The Morgan fingerprint density at radius 3 is 2.90 bits per heavy atom. The molecule has 7 nitrogen and oxygen atoms in total. The van der Waals surface area contributed by atoms with Crippen LogP contribution in [0.5, 0.6) is 5.75 Å². The van der Waals surface area contributed by atoms with E-state index in [0.29, 0.717) is 23.5 Å². The van der Waals surface area contributed by atoms with Crippen molar-refractivity contribution >= 4 is 27.8 Å². The fourth-order valence-corrected chi connectivity index (χ4v) is 3.66. The Bertz CT molecular complexity index is 1250. The van der Waals surface area contributed by atoms with Crippen LogP contribution in [0.25, 0.3) is 21.9 Å². The highest BCUT2D eigenvalue weighted by Gasteiger charge is 2.12. The molecule has 0 aliphatic rings. The number of ether oxygens (including phenoxy) is 1. The zero-order valence-electron chi connectivity index (χ0n) is 17.1. The number of nitriles is 1. The van der Waals surface area contributed by atoms with Crippen molar-refractivity contribution in [3.05, 3.63) is 65.5 Å². The summed E-state index contributed by atoms with van der Waals surface area (Å²) >= 11 is 0. The van der Waals surface area contributed by atoms with E-state index in [1.807, 2.05) is 36.5 Å².